The van der Waals surface area contributed by atoms with Crippen LogP contribution in [0.25, 0.3) is 11.5 Å². The summed E-state index contributed by atoms with van der Waals surface area (Å²) >= 11 is 7.31. The van der Waals surface area contributed by atoms with Crippen molar-refractivity contribution in [3.8, 4) is 11.5 Å². The van der Waals surface area contributed by atoms with Gasteiger partial charge in [0.25, 0.3) is 5.22 Å². The molecule has 1 fully saturated rings. The van der Waals surface area contributed by atoms with Crippen LogP contribution in [-0.4, -0.2) is 36.0 Å². The molecule has 1 aromatic heterocycles. The normalized spacial score (nSPS) is 15.4. The Morgan fingerprint density at radius 1 is 1.10 bits per heavy atom. The summed E-state index contributed by atoms with van der Waals surface area (Å²) in [5.74, 6) is 0.274. The highest BCUT2D eigenvalue weighted by molar-refractivity contribution is 7.98. The Bertz CT molecular complexity index is 1150. The van der Waals surface area contributed by atoms with Crippen molar-refractivity contribution in [1.29, 1.82) is 0 Å². The first-order chi connectivity index (χ1) is 14.4. The van der Waals surface area contributed by atoms with Crippen molar-refractivity contribution in [2.24, 2.45) is 0 Å². The van der Waals surface area contributed by atoms with Crippen LogP contribution in [-0.2, 0) is 15.8 Å². The highest BCUT2D eigenvalue weighted by Crippen LogP contribution is 2.30. The maximum Gasteiger partial charge on any atom is 0.277 e. The molecule has 4 rings (SSSR count). The van der Waals surface area contributed by atoms with Crippen molar-refractivity contribution in [2.75, 3.05) is 13.1 Å². The number of thioether (sulfide) groups is 1. The Morgan fingerprint density at radius 3 is 2.67 bits per heavy atom. The molecule has 0 unspecified atom stereocenters. The molecule has 1 aliphatic rings. The summed E-state index contributed by atoms with van der Waals surface area (Å²) < 4.78 is 46.2. The van der Waals surface area contributed by atoms with Crippen LogP contribution in [0.1, 0.15) is 24.8 Å². The van der Waals surface area contributed by atoms with Gasteiger partial charge >= 0.3 is 0 Å². The zero-order chi connectivity index (χ0) is 21.1. The topological polar surface area (TPSA) is 76.3 Å². The lowest BCUT2D eigenvalue weighted by atomic mass is 10.2. The van der Waals surface area contributed by atoms with E-state index in [0.717, 1.165) is 24.8 Å². The molecule has 30 heavy (non-hydrogen) atoms. The first kappa shape index (κ1) is 21.3. The van der Waals surface area contributed by atoms with Crippen LogP contribution in [0.2, 0.25) is 5.02 Å². The van der Waals surface area contributed by atoms with E-state index >= 15 is 0 Å². The Balaban J connectivity index is 1.50. The lowest BCUT2D eigenvalue weighted by molar-refractivity contribution is 0.346. The molecule has 2 aromatic carbocycles. The lowest BCUT2D eigenvalue weighted by Gasteiger charge is -2.25. The van der Waals surface area contributed by atoms with Gasteiger partial charge in [0.15, 0.2) is 0 Å². The van der Waals surface area contributed by atoms with E-state index in [-0.39, 0.29) is 10.8 Å². The van der Waals surface area contributed by atoms with Crippen molar-refractivity contribution >= 4 is 33.4 Å². The molecule has 3 aromatic rings. The van der Waals surface area contributed by atoms with Crippen LogP contribution >= 0.6 is 23.4 Å². The molecule has 158 valence electrons. The smallest absolute Gasteiger partial charge is 0.277 e. The summed E-state index contributed by atoms with van der Waals surface area (Å²) in [5.41, 5.74) is 1.28. The second kappa shape index (κ2) is 9.05. The molecule has 0 aliphatic carbocycles. The van der Waals surface area contributed by atoms with E-state index in [2.05, 4.69) is 10.2 Å². The SMILES string of the molecule is O=S(=O)(c1cccc(-c2nnc(SCc3ccc(F)cc3Cl)o2)c1)N1CCCCC1. The molecule has 6 nitrogen and oxygen atoms in total. The van der Waals surface area contributed by atoms with Crippen LogP contribution in [0.4, 0.5) is 4.39 Å². The van der Waals surface area contributed by atoms with Gasteiger partial charge in [0.1, 0.15) is 5.82 Å². The highest BCUT2D eigenvalue weighted by Gasteiger charge is 2.26. The molecular weight excluding hydrogens is 449 g/mol. The molecule has 0 atom stereocenters. The number of sulfonamides is 1. The van der Waals surface area contributed by atoms with E-state index in [0.29, 0.717) is 34.7 Å². The molecule has 0 bridgehead atoms. The van der Waals surface area contributed by atoms with Crippen molar-refractivity contribution in [3.05, 3.63) is 58.9 Å². The fourth-order valence-corrected chi connectivity index (χ4v) is 5.85. The molecule has 0 N–H and O–H groups in total. The van der Waals surface area contributed by atoms with E-state index < -0.39 is 15.8 Å². The lowest BCUT2D eigenvalue weighted by Crippen LogP contribution is -2.35. The van der Waals surface area contributed by atoms with Crippen LogP contribution in [0.5, 0.6) is 0 Å². The van der Waals surface area contributed by atoms with E-state index in [1.807, 2.05) is 0 Å². The van der Waals surface area contributed by atoms with Crippen LogP contribution in [0.3, 0.4) is 0 Å². The van der Waals surface area contributed by atoms with Gasteiger partial charge in [0, 0.05) is 29.4 Å². The zero-order valence-corrected chi connectivity index (χ0v) is 18.3. The summed E-state index contributed by atoms with van der Waals surface area (Å²) in [4.78, 5) is 0.215. The second-order valence-corrected chi connectivity index (χ2v) is 10.2. The quantitative estimate of drug-likeness (QED) is 0.475. The first-order valence-electron chi connectivity index (χ1n) is 9.44. The number of rotatable bonds is 6. The van der Waals surface area contributed by atoms with E-state index in [4.69, 9.17) is 16.0 Å². The van der Waals surface area contributed by atoms with Gasteiger partial charge in [-0.3, -0.25) is 0 Å². The highest BCUT2D eigenvalue weighted by atomic mass is 35.5. The molecule has 10 heteroatoms. The van der Waals surface area contributed by atoms with Crippen LogP contribution in [0, 0.1) is 5.82 Å². The monoisotopic (exact) mass is 467 g/mol. The largest absolute Gasteiger partial charge is 0.411 e. The second-order valence-electron chi connectivity index (χ2n) is 6.89. The third kappa shape index (κ3) is 4.69. The van der Waals surface area contributed by atoms with Crippen molar-refractivity contribution in [1.82, 2.24) is 14.5 Å². The summed E-state index contributed by atoms with van der Waals surface area (Å²) in [6.07, 6.45) is 2.81. The van der Waals surface area contributed by atoms with Gasteiger partial charge < -0.3 is 4.42 Å². The minimum Gasteiger partial charge on any atom is -0.411 e. The van der Waals surface area contributed by atoms with Gasteiger partial charge in [-0.1, -0.05) is 41.9 Å². The number of hydrogen-bond acceptors (Lipinski definition) is 6. The molecule has 1 saturated heterocycles. The maximum atomic E-state index is 13.2. The van der Waals surface area contributed by atoms with E-state index in [9.17, 15) is 12.8 Å². The number of nitrogens with zero attached hydrogens (tertiary/aromatic N) is 3. The molecule has 0 amide bonds. The third-order valence-electron chi connectivity index (χ3n) is 4.81. The van der Waals surface area contributed by atoms with Gasteiger partial charge in [-0.15, -0.1) is 10.2 Å². The molecular formula is C20H19ClFN3O3S2. The number of aromatic nitrogens is 2. The molecule has 1 aliphatic heterocycles. The number of halogens is 2. The summed E-state index contributed by atoms with van der Waals surface area (Å²) in [7, 11) is -3.55. The van der Waals surface area contributed by atoms with Crippen molar-refractivity contribution in [3.63, 3.8) is 0 Å². The Morgan fingerprint density at radius 2 is 1.90 bits per heavy atom. The Kier molecular flexibility index (Phi) is 6.43. The molecule has 0 spiro atoms. The average molecular weight is 468 g/mol. The molecule has 0 saturated carbocycles. The van der Waals surface area contributed by atoms with Crippen molar-refractivity contribution in [2.45, 2.75) is 35.1 Å². The minimum absolute atomic E-state index is 0.215. The standard InChI is InChI=1S/C20H19ClFN3O3S2/c21-18-12-16(22)8-7-15(18)13-29-20-24-23-19(28-20)14-5-4-6-17(11-14)30(26,27)25-9-2-1-3-10-25/h4-8,11-12H,1-3,9-10,13H2. The maximum absolute atomic E-state index is 13.2. The fraction of sp³-hybridized carbons (Fsp3) is 0.300. The van der Waals surface area contributed by atoms with E-state index in [1.54, 1.807) is 30.3 Å². The Hall–Kier alpha value is -1.94. The molecule has 2 heterocycles. The predicted molar refractivity (Wildman–Crippen MR) is 113 cm³/mol. The average Bonchev–Trinajstić information content (AvgIpc) is 3.23. The minimum atomic E-state index is -3.55. The third-order valence-corrected chi connectivity index (χ3v) is 7.92. The number of hydrogen-bond donors (Lipinski definition) is 0. The zero-order valence-electron chi connectivity index (χ0n) is 15.9. The van der Waals surface area contributed by atoms with Gasteiger partial charge in [-0.2, -0.15) is 4.31 Å². The van der Waals surface area contributed by atoms with Gasteiger partial charge in [0.05, 0.1) is 4.90 Å². The van der Waals surface area contributed by atoms with Crippen LogP contribution < -0.4 is 0 Å². The predicted octanol–water partition coefficient (Wildman–Crippen LogP) is 5.00. The van der Waals surface area contributed by atoms with Crippen molar-refractivity contribution < 1.29 is 17.2 Å². The van der Waals surface area contributed by atoms with Crippen LogP contribution in [0.15, 0.2) is 57.0 Å². The molecule has 0 radical (unpaired) electrons. The van der Waals surface area contributed by atoms with Gasteiger partial charge in [-0.25, -0.2) is 12.8 Å². The number of piperidine rings is 1. The Labute approximate surface area is 183 Å². The van der Waals surface area contributed by atoms with E-state index in [1.165, 1.54) is 28.2 Å². The number of benzene rings is 2. The summed E-state index contributed by atoms with van der Waals surface area (Å²) in [5, 5.41) is 8.68. The van der Waals surface area contributed by atoms with Gasteiger partial charge in [0.2, 0.25) is 15.9 Å². The summed E-state index contributed by atoms with van der Waals surface area (Å²) in [6.45, 7) is 1.08. The first-order valence-corrected chi connectivity index (χ1v) is 12.2. The fourth-order valence-electron chi connectivity index (χ4n) is 3.21. The van der Waals surface area contributed by atoms with Gasteiger partial charge in [-0.05, 0) is 48.7 Å². The summed E-state index contributed by atoms with van der Waals surface area (Å²) in [6, 6.07) is 10.7.